The fourth-order valence-electron chi connectivity index (χ4n) is 1.64. The minimum atomic E-state index is -0.434. The van der Waals surface area contributed by atoms with Gasteiger partial charge in [0.25, 0.3) is 5.91 Å². The maximum absolute atomic E-state index is 11.9. The normalized spacial score (nSPS) is 10.2. The van der Waals surface area contributed by atoms with Crippen molar-refractivity contribution >= 4 is 79.7 Å². The third-order valence-corrected chi connectivity index (χ3v) is 4.23. The highest BCUT2D eigenvalue weighted by molar-refractivity contribution is 9.10. The summed E-state index contributed by atoms with van der Waals surface area (Å²) in [6.07, 6.45) is 0. The van der Waals surface area contributed by atoms with Crippen molar-refractivity contribution in [1.82, 2.24) is 5.32 Å². The van der Waals surface area contributed by atoms with E-state index in [-0.39, 0.29) is 11.7 Å². The van der Waals surface area contributed by atoms with Crippen LogP contribution < -0.4 is 15.4 Å². The Hall–Kier alpha value is -1.05. The number of hydrogen-bond donors (Lipinski definition) is 2. The molecule has 0 aromatic heterocycles. The summed E-state index contributed by atoms with van der Waals surface area (Å²) in [7, 11) is 0. The highest BCUT2D eigenvalue weighted by atomic mass is 79.9. The van der Waals surface area contributed by atoms with Gasteiger partial charge in [0, 0.05) is 9.50 Å². The SMILES string of the molecule is O=C(COc1ccc(Br)cc1Cl)NC(=S)Nc1ccc(Cl)cc1Cl. The predicted molar refractivity (Wildman–Crippen MR) is 105 cm³/mol. The van der Waals surface area contributed by atoms with Gasteiger partial charge in [-0.3, -0.25) is 10.1 Å². The second-order valence-electron chi connectivity index (χ2n) is 4.49. The summed E-state index contributed by atoms with van der Waals surface area (Å²) < 4.78 is 6.16. The van der Waals surface area contributed by atoms with E-state index in [0.717, 1.165) is 4.47 Å². The number of ether oxygens (including phenoxy) is 1. The van der Waals surface area contributed by atoms with Crippen LogP contribution in [-0.2, 0) is 4.79 Å². The lowest BCUT2D eigenvalue weighted by molar-refractivity contribution is -0.121. The number of halogens is 4. The number of anilines is 1. The predicted octanol–water partition coefficient (Wildman–Crippen LogP) is 5.30. The Kier molecular flexibility index (Phi) is 7.13. The van der Waals surface area contributed by atoms with Gasteiger partial charge >= 0.3 is 0 Å². The van der Waals surface area contributed by atoms with Crippen LogP contribution in [-0.4, -0.2) is 17.6 Å². The second-order valence-corrected chi connectivity index (χ2v) is 7.06. The fraction of sp³-hybridized carbons (Fsp3) is 0.0667. The average molecular weight is 469 g/mol. The van der Waals surface area contributed by atoms with Crippen LogP contribution in [0.2, 0.25) is 15.1 Å². The van der Waals surface area contributed by atoms with E-state index in [0.29, 0.717) is 26.5 Å². The molecule has 126 valence electrons. The quantitative estimate of drug-likeness (QED) is 0.598. The molecule has 0 spiro atoms. The summed E-state index contributed by atoms with van der Waals surface area (Å²) in [4.78, 5) is 11.9. The standard InChI is InChI=1S/C15H10BrCl3N2O2S/c16-8-1-4-13(11(19)5-8)23-7-14(22)21-15(24)20-12-3-2-9(17)6-10(12)18/h1-6H,7H2,(H2,20,21,22,24). The van der Waals surface area contributed by atoms with Crippen molar-refractivity contribution in [2.75, 3.05) is 11.9 Å². The molecule has 0 aliphatic heterocycles. The first-order chi connectivity index (χ1) is 11.3. The van der Waals surface area contributed by atoms with Crippen molar-refractivity contribution < 1.29 is 9.53 Å². The minimum Gasteiger partial charge on any atom is -0.482 e. The zero-order valence-electron chi connectivity index (χ0n) is 11.9. The molecule has 9 heteroatoms. The Morgan fingerprint density at radius 1 is 1.12 bits per heavy atom. The lowest BCUT2D eigenvalue weighted by Gasteiger charge is -2.12. The molecular weight excluding hydrogens is 459 g/mol. The summed E-state index contributed by atoms with van der Waals surface area (Å²) >= 11 is 26.2. The van der Waals surface area contributed by atoms with E-state index in [1.165, 1.54) is 0 Å². The third-order valence-electron chi connectivity index (χ3n) is 2.68. The number of carbonyl (C=O) groups is 1. The number of carbonyl (C=O) groups excluding carboxylic acids is 1. The van der Waals surface area contributed by atoms with Crippen LogP contribution in [0.15, 0.2) is 40.9 Å². The van der Waals surface area contributed by atoms with Gasteiger partial charge in [-0.25, -0.2) is 0 Å². The van der Waals surface area contributed by atoms with Gasteiger partial charge < -0.3 is 10.1 Å². The summed E-state index contributed by atoms with van der Waals surface area (Å²) in [6, 6.07) is 9.95. The van der Waals surface area contributed by atoms with Gasteiger partial charge in [0.2, 0.25) is 0 Å². The second kappa shape index (κ2) is 8.87. The highest BCUT2D eigenvalue weighted by Gasteiger charge is 2.09. The molecule has 2 aromatic rings. The average Bonchev–Trinajstić information content (AvgIpc) is 2.49. The van der Waals surface area contributed by atoms with Crippen LogP contribution in [0.3, 0.4) is 0 Å². The first kappa shape index (κ1) is 19.3. The molecule has 1 amide bonds. The molecule has 2 N–H and O–H groups in total. The Bertz CT molecular complexity index is 789. The molecule has 0 aliphatic carbocycles. The first-order valence-electron chi connectivity index (χ1n) is 6.49. The molecule has 0 saturated heterocycles. The van der Waals surface area contributed by atoms with E-state index >= 15 is 0 Å². The number of nitrogens with one attached hydrogen (secondary N) is 2. The summed E-state index contributed by atoms with van der Waals surface area (Å²) in [6.45, 7) is -0.239. The zero-order valence-corrected chi connectivity index (χ0v) is 16.6. The Morgan fingerprint density at radius 2 is 1.88 bits per heavy atom. The summed E-state index contributed by atoms with van der Waals surface area (Å²) in [5.41, 5.74) is 0.531. The van der Waals surface area contributed by atoms with E-state index < -0.39 is 5.91 Å². The summed E-state index contributed by atoms with van der Waals surface area (Å²) in [5.74, 6) is -0.0359. The van der Waals surface area contributed by atoms with Gasteiger partial charge in [-0.05, 0) is 48.6 Å². The first-order valence-corrected chi connectivity index (χ1v) is 8.82. The Morgan fingerprint density at radius 3 is 2.54 bits per heavy atom. The smallest absolute Gasteiger partial charge is 0.264 e. The van der Waals surface area contributed by atoms with Gasteiger partial charge in [-0.2, -0.15) is 0 Å². The molecule has 2 rings (SSSR count). The maximum atomic E-state index is 11.9. The number of benzene rings is 2. The minimum absolute atomic E-state index is 0.0923. The molecule has 0 bridgehead atoms. The molecular formula is C15H10BrCl3N2O2S. The molecule has 4 nitrogen and oxygen atoms in total. The molecule has 0 heterocycles. The summed E-state index contributed by atoms with van der Waals surface area (Å²) in [5, 5.41) is 6.66. The molecule has 0 fully saturated rings. The topological polar surface area (TPSA) is 50.4 Å². The van der Waals surface area contributed by atoms with Crippen molar-refractivity contribution in [3.8, 4) is 5.75 Å². The Balaban J connectivity index is 1.86. The molecule has 24 heavy (non-hydrogen) atoms. The number of thiocarbonyl (C=S) groups is 1. The molecule has 0 radical (unpaired) electrons. The lowest BCUT2D eigenvalue weighted by Crippen LogP contribution is -2.37. The van der Waals surface area contributed by atoms with Crippen LogP contribution in [0.5, 0.6) is 5.75 Å². The molecule has 0 aliphatic rings. The van der Waals surface area contributed by atoms with Crippen molar-refractivity contribution in [3.63, 3.8) is 0 Å². The van der Waals surface area contributed by atoms with Gasteiger partial charge in [0.1, 0.15) is 5.75 Å². The van der Waals surface area contributed by atoms with Gasteiger partial charge in [-0.1, -0.05) is 50.7 Å². The zero-order chi connectivity index (χ0) is 17.7. The van der Waals surface area contributed by atoms with Crippen molar-refractivity contribution in [3.05, 3.63) is 55.9 Å². The van der Waals surface area contributed by atoms with Gasteiger partial charge in [-0.15, -0.1) is 0 Å². The molecule has 0 saturated carbocycles. The molecule has 0 unspecified atom stereocenters. The monoisotopic (exact) mass is 466 g/mol. The van der Waals surface area contributed by atoms with E-state index in [9.17, 15) is 4.79 Å². The van der Waals surface area contributed by atoms with Gasteiger partial charge in [0.05, 0.1) is 15.7 Å². The van der Waals surface area contributed by atoms with E-state index in [4.69, 9.17) is 51.8 Å². The van der Waals surface area contributed by atoms with Crippen LogP contribution in [0.25, 0.3) is 0 Å². The van der Waals surface area contributed by atoms with Crippen LogP contribution >= 0.6 is 63.0 Å². The van der Waals surface area contributed by atoms with E-state index in [1.807, 2.05) is 0 Å². The van der Waals surface area contributed by atoms with Crippen molar-refractivity contribution in [1.29, 1.82) is 0 Å². The van der Waals surface area contributed by atoms with Crippen LogP contribution in [0.4, 0.5) is 5.69 Å². The molecule has 0 atom stereocenters. The highest BCUT2D eigenvalue weighted by Crippen LogP contribution is 2.27. The fourth-order valence-corrected chi connectivity index (χ4v) is 3.05. The van der Waals surface area contributed by atoms with Crippen molar-refractivity contribution in [2.45, 2.75) is 0 Å². The third kappa shape index (κ3) is 5.79. The van der Waals surface area contributed by atoms with E-state index in [1.54, 1.807) is 36.4 Å². The largest absolute Gasteiger partial charge is 0.482 e. The number of rotatable bonds is 4. The molecule has 2 aromatic carbocycles. The number of amides is 1. The van der Waals surface area contributed by atoms with Gasteiger partial charge in [0.15, 0.2) is 11.7 Å². The van der Waals surface area contributed by atoms with Crippen LogP contribution in [0.1, 0.15) is 0 Å². The maximum Gasteiger partial charge on any atom is 0.264 e. The van der Waals surface area contributed by atoms with Crippen LogP contribution in [0, 0.1) is 0 Å². The lowest BCUT2D eigenvalue weighted by atomic mass is 10.3. The number of hydrogen-bond acceptors (Lipinski definition) is 3. The Labute approximate surface area is 167 Å². The van der Waals surface area contributed by atoms with E-state index in [2.05, 4.69) is 26.6 Å². The van der Waals surface area contributed by atoms with Crippen molar-refractivity contribution in [2.24, 2.45) is 0 Å².